The zero-order valence-electron chi connectivity index (χ0n) is 13.2. The van der Waals surface area contributed by atoms with E-state index in [0.29, 0.717) is 18.4 Å². The minimum Gasteiger partial charge on any atom is -0.393 e. The first kappa shape index (κ1) is 15.1. The molecular formula is C17H30N2O2. The van der Waals surface area contributed by atoms with Gasteiger partial charge in [-0.3, -0.25) is 0 Å². The summed E-state index contributed by atoms with van der Waals surface area (Å²) in [5.74, 6) is 2.90. The fourth-order valence-corrected chi connectivity index (χ4v) is 4.96. The molecule has 3 fully saturated rings. The molecule has 2 amide bonds. The van der Waals surface area contributed by atoms with Crippen LogP contribution in [0.5, 0.6) is 0 Å². The first-order chi connectivity index (χ1) is 10.1. The second kappa shape index (κ2) is 6.55. The summed E-state index contributed by atoms with van der Waals surface area (Å²) >= 11 is 0. The van der Waals surface area contributed by atoms with E-state index in [1.54, 1.807) is 0 Å². The predicted octanol–water partition coefficient (Wildman–Crippen LogP) is 2.66. The lowest BCUT2D eigenvalue weighted by Gasteiger charge is -2.29. The van der Waals surface area contributed by atoms with Crippen LogP contribution in [0, 0.1) is 23.7 Å². The maximum Gasteiger partial charge on any atom is 0.315 e. The summed E-state index contributed by atoms with van der Waals surface area (Å²) in [5.41, 5.74) is 0. The van der Waals surface area contributed by atoms with Crippen LogP contribution in [0.2, 0.25) is 0 Å². The molecule has 2 bridgehead atoms. The van der Waals surface area contributed by atoms with Gasteiger partial charge in [-0.2, -0.15) is 0 Å². The van der Waals surface area contributed by atoms with Crippen LogP contribution in [0.1, 0.15) is 58.3 Å². The Labute approximate surface area is 128 Å². The quantitative estimate of drug-likeness (QED) is 0.746. The Kier molecular flexibility index (Phi) is 4.72. The summed E-state index contributed by atoms with van der Waals surface area (Å²) in [5, 5.41) is 15.8. The highest BCUT2D eigenvalue weighted by Crippen LogP contribution is 2.49. The lowest BCUT2D eigenvalue weighted by atomic mass is 9.84. The second-order valence-corrected chi connectivity index (χ2v) is 7.67. The van der Waals surface area contributed by atoms with Gasteiger partial charge in [0, 0.05) is 12.6 Å². The third kappa shape index (κ3) is 3.71. The fraction of sp³-hybridized carbons (Fsp3) is 0.941. The van der Waals surface area contributed by atoms with E-state index < -0.39 is 0 Å². The highest BCUT2D eigenvalue weighted by Gasteiger charge is 2.42. The molecule has 3 rings (SSSR count). The summed E-state index contributed by atoms with van der Waals surface area (Å²) in [6.07, 6.45) is 9.26. The number of aliphatic hydroxyl groups excluding tert-OH is 1. The van der Waals surface area contributed by atoms with Crippen molar-refractivity contribution >= 4 is 6.03 Å². The van der Waals surface area contributed by atoms with Gasteiger partial charge in [0.15, 0.2) is 0 Å². The van der Waals surface area contributed by atoms with E-state index in [-0.39, 0.29) is 18.2 Å². The van der Waals surface area contributed by atoms with Gasteiger partial charge >= 0.3 is 6.03 Å². The van der Waals surface area contributed by atoms with Crippen LogP contribution in [0.25, 0.3) is 0 Å². The van der Waals surface area contributed by atoms with E-state index in [1.165, 1.54) is 25.7 Å². The molecule has 0 aliphatic heterocycles. The molecule has 4 heteroatoms. The van der Waals surface area contributed by atoms with E-state index in [4.69, 9.17) is 0 Å². The van der Waals surface area contributed by atoms with Gasteiger partial charge in [0.25, 0.3) is 0 Å². The maximum atomic E-state index is 12.1. The predicted molar refractivity (Wildman–Crippen MR) is 82.9 cm³/mol. The number of nitrogens with one attached hydrogen (secondary N) is 2. The number of carbonyl (C=O) groups excluding carboxylic acids is 1. The molecule has 120 valence electrons. The number of carbonyl (C=O) groups is 1. The molecule has 6 unspecified atom stereocenters. The molecule has 3 aliphatic rings. The average molecular weight is 294 g/mol. The second-order valence-electron chi connectivity index (χ2n) is 7.67. The van der Waals surface area contributed by atoms with Crippen molar-refractivity contribution in [2.45, 2.75) is 70.4 Å². The molecule has 0 spiro atoms. The van der Waals surface area contributed by atoms with Crippen LogP contribution < -0.4 is 10.6 Å². The fourth-order valence-electron chi connectivity index (χ4n) is 4.96. The third-order valence-electron chi connectivity index (χ3n) is 6.10. The molecule has 0 heterocycles. The normalized spacial score (nSPS) is 40.0. The molecule has 6 atom stereocenters. The van der Waals surface area contributed by atoms with Crippen molar-refractivity contribution in [1.29, 1.82) is 0 Å². The van der Waals surface area contributed by atoms with Crippen molar-refractivity contribution in [1.82, 2.24) is 10.6 Å². The van der Waals surface area contributed by atoms with Crippen molar-refractivity contribution in [3.8, 4) is 0 Å². The zero-order chi connectivity index (χ0) is 14.8. The Balaban J connectivity index is 1.37. The van der Waals surface area contributed by atoms with Gasteiger partial charge < -0.3 is 15.7 Å². The highest BCUT2D eigenvalue weighted by atomic mass is 16.3. The zero-order valence-corrected chi connectivity index (χ0v) is 13.2. The Morgan fingerprint density at radius 1 is 1.19 bits per heavy atom. The molecule has 3 N–H and O–H groups in total. The number of rotatable bonds is 4. The average Bonchev–Trinajstić information content (AvgIpc) is 3.08. The lowest BCUT2D eigenvalue weighted by molar-refractivity contribution is 0.101. The summed E-state index contributed by atoms with van der Waals surface area (Å²) in [6.45, 7) is 2.86. The van der Waals surface area contributed by atoms with Crippen LogP contribution in [-0.2, 0) is 0 Å². The number of aliphatic hydroxyl groups is 1. The molecule has 0 aromatic heterocycles. The summed E-state index contributed by atoms with van der Waals surface area (Å²) in [6, 6.07) is 0.266. The molecular weight excluding hydrogens is 264 g/mol. The van der Waals surface area contributed by atoms with Crippen molar-refractivity contribution < 1.29 is 9.90 Å². The smallest absolute Gasteiger partial charge is 0.315 e. The molecule has 3 aliphatic carbocycles. The SMILES string of the molecule is CC(NC(=O)NCC1CCCC(O)C1)C1CC2CCC1C2. The van der Waals surface area contributed by atoms with E-state index in [0.717, 1.165) is 37.5 Å². The Hall–Kier alpha value is -0.770. The first-order valence-corrected chi connectivity index (χ1v) is 8.84. The van der Waals surface area contributed by atoms with Crippen LogP contribution in [0.15, 0.2) is 0 Å². The van der Waals surface area contributed by atoms with Gasteiger partial charge in [0.2, 0.25) is 0 Å². The minimum atomic E-state index is -0.165. The van der Waals surface area contributed by atoms with Crippen molar-refractivity contribution in [3.05, 3.63) is 0 Å². The molecule has 0 radical (unpaired) electrons. The van der Waals surface area contributed by atoms with Crippen LogP contribution in [0.4, 0.5) is 4.79 Å². The van der Waals surface area contributed by atoms with Crippen molar-refractivity contribution in [3.63, 3.8) is 0 Å². The van der Waals surface area contributed by atoms with E-state index >= 15 is 0 Å². The van der Waals surface area contributed by atoms with Gasteiger partial charge in [-0.05, 0) is 69.1 Å². The summed E-state index contributed by atoms with van der Waals surface area (Å²) in [4.78, 5) is 12.1. The van der Waals surface area contributed by atoms with E-state index in [9.17, 15) is 9.90 Å². The first-order valence-electron chi connectivity index (χ1n) is 8.84. The van der Waals surface area contributed by atoms with Crippen LogP contribution >= 0.6 is 0 Å². The molecule has 0 aromatic carbocycles. The number of hydrogen-bond donors (Lipinski definition) is 3. The Morgan fingerprint density at radius 2 is 2.05 bits per heavy atom. The summed E-state index contributed by atoms with van der Waals surface area (Å²) in [7, 11) is 0. The molecule has 0 saturated heterocycles. The third-order valence-corrected chi connectivity index (χ3v) is 6.10. The molecule has 4 nitrogen and oxygen atoms in total. The topological polar surface area (TPSA) is 61.4 Å². The minimum absolute atomic E-state index is 0.0228. The van der Waals surface area contributed by atoms with E-state index in [2.05, 4.69) is 17.6 Å². The molecule has 0 aromatic rings. The van der Waals surface area contributed by atoms with E-state index in [1.807, 2.05) is 0 Å². The number of fused-ring (bicyclic) bond motifs is 2. The van der Waals surface area contributed by atoms with Gasteiger partial charge in [-0.1, -0.05) is 12.8 Å². The Bertz CT molecular complexity index is 374. The lowest BCUT2D eigenvalue weighted by Crippen LogP contribution is -2.46. The molecule has 3 saturated carbocycles. The number of urea groups is 1. The standard InChI is InChI=1S/C17H30N2O2/c1-11(16-9-12-5-6-14(16)7-12)19-17(21)18-10-13-3-2-4-15(20)8-13/h11-16,20H,2-10H2,1H3,(H2,18,19,21). The van der Waals surface area contributed by atoms with Gasteiger partial charge in [0.1, 0.15) is 0 Å². The maximum absolute atomic E-state index is 12.1. The largest absolute Gasteiger partial charge is 0.393 e. The van der Waals surface area contributed by atoms with Crippen LogP contribution in [-0.4, -0.2) is 29.8 Å². The monoisotopic (exact) mass is 294 g/mol. The highest BCUT2D eigenvalue weighted by molar-refractivity contribution is 5.74. The van der Waals surface area contributed by atoms with Crippen LogP contribution in [0.3, 0.4) is 0 Å². The molecule has 21 heavy (non-hydrogen) atoms. The summed E-state index contributed by atoms with van der Waals surface area (Å²) < 4.78 is 0. The van der Waals surface area contributed by atoms with Gasteiger partial charge in [-0.15, -0.1) is 0 Å². The Morgan fingerprint density at radius 3 is 2.71 bits per heavy atom. The van der Waals surface area contributed by atoms with Gasteiger partial charge in [-0.25, -0.2) is 4.79 Å². The van der Waals surface area contributed by atoms with Gasteiger partial charge in [0.05, 0.1) is 6.10 Å². The number of hydrogen-bond acceptors (Lipinski definition) is 2. The van der Waals surface area contributed by atoms with Crippen molar-refractivity contribution in [2.24, 2.45) is 23.7 Å². The number of amides is 2. The van der Waals surface area contributed by atoms with Crippen molar-refractivity contribution in [2.75, 3.05) is 6.54 Å².